The summed E-state index contributed by atoms with van der Waals surface area (Å²) in [6.45, 7) is 52.6. The van der Waals surface area contributed by atoms with Gasteiger partial charge in [0.05, 0.1) is 84.6 Å². The van der Waals surface area contributed by atoms with Gasteiger partial charge in [0, 0.05) is 207 Å². The third kappa shape index (κ3) is 71.0. The van der Waals surface area contributed by atoms with Gasteiger partial charge in [-0.15, -0.1) is 0 Å². The van der Waals surface area contributed by atoms with Crippen LogP contribution in [0, 0.1) is 35.5 Å². The molecule has 0 spiro atoms. The molecule has 6 saturated heterocycles. The van der Waals surface area contributed by atoms with Crippen LogP contribution in [0.15, 0.2) is 57.5 Å². The molecule has 0 amide bonds. The van der Waals surface area contributed by atoms with Gasteiger partial charge in [-0.1, -0.05) is 186 Å². The molecule has 6 heterocycles. The van der Waals surface area contributed by atoms with Gasteiger partial charge in [-0.25, -0.2) is 72.0 Å². The maximum absolute atomic E-state index is 13.0. The zero-order valence-electron chi connectivity index (χ0n) is 91.9. The number of nitrogens with one attached hydrogen (secondary N) is 1. The number of halogens is 5. The Kier molecular flexibility index (Phi) is 74.5. The first-order valence-corrected chi connectivity index (χ1v) is 86.5. The van der Waals surface area contributed by atoms with Gasteiger partial charge in [-0.05, 0) is 199 Å². The van der Waals surface area contributed by atoms with Gasteiger partial charge < -0.3 is 45.4 Å². The van der Waals surface area contributed by atoms with E-state index in [0.29, 0.717) is 98.4 Å². The molecule has 2 aromatic carbocycles. The molecule has 6 fully saturated rings. The number of benzene rings is 2. The summed E-state index contributed by atoms with van der Waals surface area (Å²) in [7, 11) is -22.2. The van der Waals surface area contributed by atoms with Gasteiger partial charge >= 0.3 is 35.5 Å². The molecule has 3 N–H and O–H groups in total. The average Bonchev–Trinajstić information content (AvgIpc) is 0.801. The minimum absolute atomic E-state index is 0. The average molecular weight is 2460 g/mol. The Balaban J connectivity index is -0.000000795. The zero-order valence-corrected chi connectivity index (χ0v) is 108. The van der Waals surface area contributed by atoms with Crippen LogP contribution in [0.3, 0.4) is 0 Å². The van der Waals surface area contributed by atoms with Crippen LogP contribution in [0.5, 0.6) is 0 Å². The van der Waals surface area contributed by atoms with Gasteiger partial charge in [0.1, 0.15) is 6.29 Å². The van der Waals surface area contributed by atoms with Gasteiger partial charge in [-0.2, -0.15) is 8.42 Å². The number of rotatable bonds is 43. The molecule has 6 aliphatic heterocycles. The summed E-state index contributed by atoms with van der Waals surface area (Å²) in [4.78, 5) is 42.6. The van der Waals surface area contributed by atoms with Crippen LogP contribution in [0.4, 0.5) is 4.79 Å². The molecule has 32 nitrogen and oxygen atoms in total. The molecule has 8 unspecified atom stereocenters. The number of carbonyl (C=O) groups excluding carboxylic acids is 4. The predicted molar refractivity (Wildman–Crippen MR) is 611 cm³/mol. The maximum Gasteiger partial charge on any atom is 1.00 e. The second-order valence-electron chi connectivity index (χ2n) is 44.1. The van der Waals surface area contributed by atoms with Crippen LogP contribution >= 0.6 is 65.7 Å². The zero-order chi connectivity index (χ0) is 109. The van der Waals surface area contributed by atoms with Crippen LogP contribution in [-0.2, 0) is 112 Å². The van der Waals surface area contributed by atoms with Crippen molar-refractivity contribution in [3.05, 3.63) is 68.6 Å². The SMILES string of the molecule is CCOC(=O)C1CCCN(S(=O)(=O)CC[Si](C)(C)C)C1.CCOC(=O)C1CCCNC1.COCCCOC(c1ccccc1Br)C1CCCN(S(=O)(=O)CC[Si](C)(C)C)C1.COCCCOS(C)(=O)=O.C[Si](C)(C)CCS(=O)(=O)Cl.C[Si](C)(C)CCS(=O)(=O)N1CCCC(C(O)c2ccccc2Br)C1.C[Si](C)(C)CCS(=O)(=O)N1CCCC(C=O)C1.C[Si](C)(C)CCS(=O)(=O)N1CCCC(CO)C1.O=C(Cl)Cl.[B].[H-].[Li+]. The fraction of sp³-hybridized carbons (Fsp3) is 0.826. The number of ether oxygens (including phenoxy) is 5. The van der Waals surface area contributed by atoms with E-state index in [4.69, 9.17) is 39.5 Å². The largest absolute Gasteiger partial charge is 1.00 e. The monoisotopic (exact) mass is 2460 g/mol. The predicted octanol–water partition coefficient (Wildman–Crippen LogP) is 14.4. The molecule has 2 aromatic rings. The van der Waals surface area contributed by atoms with E-state index in [-0.39, 0.29) is 137 Å². The number of aldehydes is 1. The Labute approximate surface area is 923 Å². The van der Waals surface area contributed by atoms with E-state index < -0.39 is 129 Å². The van der Waals surface area contributed by atoms with Crippen molar-refractivity contribution in [2.45, 2.75) is 270 Å². The van der Waals surface area contributed by atoms with E-state index in [9.17, 15) is 78.4 Å². The third-order valence-electron chi connectivity index (χ3n) is 23.6. The molecule has 0 saturated carbocycles. The Morgan fingerprint density at radius 2 is 0.806 bits per heavy atom. The van der Waals surface area contributed by atoms with Crippen molar-refractivity contribution in [2.75, 3.05) is 180 Å². The molecule has 0 bridgehead atoms. The summed E-state index contributed by atoms with van der Waals surface area (Å²) < 4.78 is 205. The van der Waals surface area contributed by atoms with Crippen LogP contribution in [0.2, 0.25) is 154 Å². The summed E-state index contributed by atoms with van der Waals surface area (Å²) >= 11 is 15.9. The third-order valence-corrected chi connectivity index (χ3v) is 48.7. The summed E-state index contributed by atoms with van der Waals surface area (Å²) in [5.41, 5.74) is 1.93. The Hall–Kier alpha value is -0.316. The van der Waals surface area contributed by atoms with E-state index in [1.165, 1.54) is 8.61 Å². The van der Waals surface area contributed by atoms with Crippen LogP contribution in [-0.4, -0.2) is 350 Å². The van der Waals surface area contributed by atoms with Gasteiger partial charge in [0.15, 0.2) is 0 Å². The number of esters is 2. The maximum atomic E-state index is 13.0. The van der Waals surface area contributed by atoms with Crippen molar-refractivity contribution in [2.24, 2.45) is 35.5 Å². The standard InChI is InChI=1S/C21H36BrNO4SSi.C17H28BrNO3SSi.C13H27NO4SSi.C11H25NO3SSi.C11H23NO3SSi.C8H15NO2.C5H13ClO2SSi.C5H12O4S.CCl2O.B.Li.H/c1-26-13-8-14-27-21(19-10-5-6-11-20(19)22)18-9-7-12-23(17-18)28(24,25)15-16-29(2,3)4;1-24(2,3)12-11-23(21,22)19-10-6-7-14(13-19)17(20)15-8-4-5-9-16(15)18;1-5-18-13(15)12-7-6-8-14(11-12)19(16,17)9-10-20(2,3)4;2*1-17(2,3)8-7-16(14,15)12-6-4-5-11(9-12)10-13;1-2-11-8(10)7-4-3-5-9-6-7;1-10(2,3)5-4-9(6,7)8;1-8-4-3-5-9-10(2,6)7;2-1(3)4;;;/h5-6,10-11,18,21H,7-9,12-17H2,1-4H3;4-5,8-9,14,17,20H,6-7,10-13H2,1-3H3;12H,5-11H2,1-4H3;11,13H,4-10H2,1-3H3;10-11H,4-9H2,1-3H3;7,9H,2-6H2,1H3;4-5H2,1-3H3;3-5H2,1-2H3;;;;/q;;;;;;;;;;+1;-1. The number of aliphatic hydroxyl groups is 2. The molecule has 0 aliphatic carbocycles. The number of hydrogen-bond donors (Lipinski definition) is 3. The second-order valence-corrected chi connectivity index (χ2v) is 95.4. The minimum atomic E-state index is -3.26. The number of carbonyl (C=O) groups is 4. The number of piperidine rings is 6. The summed E-state index contributed by atoms with van der Waals surface area (Å²) in [6, 6.07) is 20.4. The van der Waals surface area contributed by atoms with Gasteiger partial charge in [-0.3, -0.25) is 18.6 Å². The normalized spacial score (nSPS) is 20.1. The first kappa shape index (κ1) is 148. The molecule has 8 atom stereocenters. The van der Waals surface area contributed by atoms with Crippen molar-refractivity contribution < 1.29 is 136 Å². The van der Waals surface area contributed by atoms with Crippen LogP contribution < -0.4 is 24.2 Å². The number of hydrogen-bond acceptors (Lipinski definition) is 27. The first-order chi connectivity index (χ1) is 65.2. The molecular weight excluding hydrogens is 2280 g/mol. The Morgan fingerprint density at radius 3 is 1.16 bits per heavy atom. The number of nitrogens with zero attached hydrogens (tertiary/aromatic N) is 5. The van der Waals surface area contributed by atoms with Crippen molar-refractivity contribution in [1.29, 1.82) is 0 Å². The summed E-state index contributed by atoms with van der Waals surface area (Å²) in [5, 5.41) is 23.0. The first-order valence-electron chi connectivity index (χ1n) is 49.6. The van der Waals surface area contributed by atoms with E-state index in [1.807, 2.05) is 49.4 Å². The van der Waals surface area contributed by atoms with Crippen molar-refractivity contribution in [1.82, 2.24) is 26.8 Å². The molecule has 839 valence electrons. The Morgan fingerprint density at radius 1 is 0.472 bits per heavy atom. The quantitative estimate of drug-likeness (QED) is 0.0139. The second kappa shape index (κ2) is 72.6. The van der Waals surface area contributed by atoms with E-state index in [2.05, 4.69) is 193 Å². The van der Waals surface area contributed by atoms with Crippen LogP contribution in [0.1, 0.15) is 129 Å². The molecule has 0 aromatic heterocycles. The Bertz CT molecular complexity index is 4840. The van der Waals surface area contributed by atoms with Crippen molar-refractivity contribution >= 4 is 215 Å². The fourth-order valence-corrected chi connectivity index (χ4v) is 43.3. The molecule has 52 heteroatoms. The molecule has 6 aliphatic rings. The van der Waals surface area contributed by atoms with Gasteiger partial charge in [0.2, 0.25) is 59.2 Å². The summed E-state index contributed by atoms with van der Waals surface area (Å²) in [5.74, 6) is 0.968. The molecule has 8 rings (SSSR count). The smallest absolute Gasteiger partial charge is 1.00 e. The van der Waals surface area contributed by atoms with Crippen molar-refractivity contribution in [3.63, 3.8) is 0 Å². The molecule has 3 radical (unpaired) electrons. The molecular formula is C92H180BBr2Cl3LiN6O26S7Si6. The van der Waals surface area contributed by atoms with E-state index in [0.717, 1.165) is 165 Å². The number of aliphatic hydroxyl groups excluding tert-OH is 2. The minimum Gasteiger partial charge on any atom is -1.00 e. The molecule has 144 heavy (non-hydrogen) atoms. The van der Waals surface area contributed by atoms with E-state index >= 15 is 0 Å². The summed E-state index contributed by atoms with van der Waals surface area (Å²) in [6.07, 6.45) is 13.0. The topological polar surface area (TPSA) is 431 Å². The number of sulfonamides is 5. The van der Waals surface area contributed by atoms with Crippen molar-refractivity contribution in [3.8, 4) is 0 Å². The van der Waals surface area contributed by atoms with Crippen LogP contribution in [0.25, 0.3) is 0 Å². The fourth-order valence-electron chi connectivity index (χ4n) is 14.9. The number of methoxy groups -OCH3 is 2. The van der Waals surface area contributed by atoms with E-state index in [1.54, 1.807) is 34.1 Å². The van der Waals surface area contributed by atoms with Gasteiger partial charge in [0.25, 0.3) is 10.1 Å².